The lowest BCUT2D eigenvalue weighted by molar-refractivity contribution is -0.119. The molecule has 3 aromatic carbocycles. The molecule has 0 saturated heterocycles. The predicted molar refractivity (Wildman–Crippen MR) is 118 cm³/mol. The van der Waals surface area contributed by atoms with E-state index in [1.54, 1.807) is 54.6 Å². The number of amidine groups is 1. The Balaban J connectivity index is 1.73. The van der Waals surface area contributed by atoms with E-state index in [1.165, 1.54) is 6.07 Å². The fourth-order valence-corrected chi connectivity index (χ4v) is 2.79. The smallest absolute Gasteiger partial charge is 0.366 e. The summed E-state index contributed by atoms with van der Waals surface area (Å²) in [4.78, 5) is 41.2. The molecule has 0 aliphatic heterocycles. The molecule has 0 saturated carbocycles. The van der Waals surface area contributed by atoms with Crippen molar-refractivity contribution in [3.8, 4) is 5.75 Å². The Hall–Kier alpha value is -4.46. The highest BCUT2D eigenvalue weighted by molar-refractivity contribution is 6.14. The lowest BCUT2D eigenvalue weighted by Gasteiger charge is -2.08. The molecule has 0 heterocycles. The number of carbonyl (C=O) groups is 3. The van der Waals surface area contributed by atoms with E-state index in [0.29, 0.717) is 16.9 Å². The average Bonchev–Trinajstić information content (AvgIpc) is 2.81. The highest BCUT2D eigenvalue weighted by atomic mass is 16.7. The van der Waals surface area contributed by atoms with E-state index >= 15 is 0 Å². The molecule has 0 unspecified atom stereocenters. The molecule has 162 valence electrons. The maximum atomic E-state index is 12.9. The van der Waals surface area contributed by atoms with Gasteiger partial charge in [0.1, 0.15) is 5.75 Å². The Morgan fingerprint density at radius 1 is 0.812 bits per heavy atom. The minimum absolute atomic E-state index is 0.0536. The first-order valence-corrected chi connectivity index (χ1v) is 9.62. The number of amides is 1. The number of rotatable bonds is 8. The quantitative estimate of drug-likeness (QED) is 0.185. The summed E-state index contributed by atoms with van der Waals surface area (Å²) in [7, 11) is 0. The van der Waals surface area contributed by atoms with Crippen LogP contribution in [0.25, 0.3) is 0 Å². The highest BCUT2D eigenvalue weighted by Gasteiger charge is 2.19. The Morgan fingerprint density at radius 3 is 2.03 bits per heavy atom. The van der Waals surface area contributed by atoms with Gasteiger partial charge in [0.25, 0.3) is 5.91 Å². The number of hydrogen-bond acceptors (Lipinski definition) is 6. The van der Waals surface area contributed by atoms with Crippen molar-refractivity contribution in [2.24, 2.45) is 16.6 Å². The zero-order valence-corrected chi connectivity index (χ0v) is 17.3. The third-order valence-corrected chi connectivity index (χ3v) is 4.46. The standard InChI is InChI=1S/C24H21N3O5/c1-15-6-8-16(9-7-15)22(29)19-4-2-3-5-20(19)24(30)32-27-23(26)17-10-12-18(13-11-17)31-14-21(25)28/h2-13H,14H2,1H3,(H2,25,28)(H2,26,27). The van der Waals surface area contributed by atoms with E-state index < -0.39 is 11.9 Å². The van der Waals surface area contributed by atoms with E-state index in [9.17, 15) is 14.4 Å². The molecule has 0 atom stereocenters. The number of aryl methyl sites for hydroxylation is 1. The number of benzene rings is 3. The number of ketones is 1. The van der Waals surface area contributed by atoms with Gasteiger partial charge in [-0.1, -0.05) is 53.2 Å². The van der Waals surface area contributed by atoms with Crippen molar-refractivity contribution in [3.63, 3.8) is 0 Å². The van der Waals surface area contributed by atoms with Gasteiger partial charge in [-0.3, -0.25) is 9.59 Å². The minimum Gasteiger partial charge on any atom is -0.484 e. The zero-order valence-electron chi connectivity index (χ0n) is 17.3. The summed E-state index contributed by atoms with van der Waals surface area (Å²) in [6, 6.07) is 19.7. The van der Waals surface area contributed by atoms with E-state index in [0.717, 1.165) is 5.56 Å². The summed E-state index contributed by atoms with van der Waals surface area (Å²) in [5.74, 6) is -1.35. The van der Waals surface area contributed by atoms with Crippen LogP contribution in [-0.2, 0) is 9.63 Å². The van der Waals surface area contributed by atoms with Gasteiger partial charge in [-0.15, -0.1) is 0 Å². The predicted octanol–water partition coefficient (Wildman–Crippen LogP) is 2.57. The molecule has 8 heteroatoms. The molecule has 0 bridgehead atoms. The van der Waals surface area contributed by atoms with E-state index in [4.69, 9.17) is 21.0 Å². The second-order valence-electron chi connectivity index (χ2n) is 6.88. The molecule has 3 rings (SSSR count). The van der Waals surface area contributed by atoms with Crippen molar-refractivity contribution in [2.45, 2.75) is 6.92 Å². The van der Waals surface area contributed by atoms with Crippen LogP contribution in [0, 0.1) is 6.92 Å². The molecule has 0 aromatic heterocycles. The summed E-state index contributed by atoms with van der Waals surface area (Å²) in [5.41, 5.74) is 13.1. The molecule has 4 N–H and O–H groups in total. The van der Waals surface area contributed by atoms with Gasteiger partial charge in [-0.2, -0.15) is 0 Å². The molecule has 32 heavy (non-hydrogen) atoms. The first kappa shape index (κ1) is 22.2. The largest absolute Gasteiger partial charge is 0.484 e. The van der Waals surface area contributed by atoms with Gasteiger partial charge in [-0.25, -0.2) is 4.79 Å². The van der Waals surface area contributed by atoms with E-state index in [2.05, 4.69) is 5.16 Å². The normalized spacial score (nSPS) is 11.0. The number of nitrogens with zero attached hydrogens (tertiary/aromatic N) is 1. The fourth-order valence-electron chi connectivity index (χ4n) is 2.79. The Labute approximate surface area is 184 Å². The topological polar surface area (TPSA) is 134 Å². The van der Waals surface area contributed by atoms with Gasteiger partial charge in [-0.05, 0) is 37.3 Å². The molecule has 0 aliphatic carbocycles. The summed E-state index contributed by atoms with van der Waals surface area (Å²) in [6.07, 6.45) is 0. The van der Waals surface area contributed by atoms with Crippen LogP contribution in [0.5, 0.6) is 5.75 Å². The van der Waals surface area contributed by atoms with Crippen LogP contribution in [-0.4, -0.2) is 30.1 Å². The number of ether oxygens (including phenoxy) is 1. The average molecular weight is 431 g/mol. The number of carbonyl (C=O) groups excluding carboxylic acids is 3. The van der Waals surface area contributed by atoms with Crippen LogP contribution in [0.15, 0.2) is 78.0 Å². The van der Waals surface area contributed by atoms with Gasteiger partial charge in [0, 0.05) is 16.7 Å². The molecule has 1 amide bonds. The first-order chi connectivity index (χ1) is 15.3. The second kappa shape index (κ2) is 10.0. The number of hydrogen-bond donors (Lipinski definition) is 2. The minimum atomic E-state index is -0.814. The van der Waals surface area contributed by atoms with Crippen molar-refractivity contribution in [2.75, 3.05) is 6.61 Å². The van der Waals surface area contributed by atoms with Crippen molar-refractivity contribution >= 4 is 23.5 Å². The monoisotopic (exact) mass is 431 g/mol. The third kappa shape index (κ3) is 5.57. The molecule has 0 fully saturated rings. The maximum Gasteiger partial charge on any atom is 0.366 e. The first-order valence-electron chi connectivity index (χ1n) is 9.62. The lowest BCUT2D eigenvalue weighted by atomic mass is 9.98. The van der Waals surface area contributed by atoms with Gasteiger partial charge in [0.15, 0.2) is 18.2 Å². The molecular formula is C24H21N3O5. The molecule has 0 spiro atoms. The molecule has 0 aliphatic rings. The number of primary amides is 1. The van der Waals surface area contributed by atoms with Crippen LogP contribution < -0.4 is 16.2 Å². The summed E-state index contributed by atoms with van der Waals surface area (Å²) in [5, 5.41) is 3.68. The zero-order chi connectivity index (χ0) is 23.1. The van der Waals surface area contributed by atoms with Crippen LogP contribution in [0.1, 0.15) is 37.4 Å². The van der Waals surface area contributed by atoms with Gasteiger partial charge in [0.05, 0.1) is 5.56 Å². The van der Waals surface area contributed by atoms with E-state index in [1.807, 2.05) is 19.1 Å². The van der Waals surface area contributed by atoms with Crippen molar-refractivity contribution < 1.29 is 24.0 Å². The molecule has 0 radical (unpaired) electrons. The van der Waals surface area contributed by atoms with Crippen molar-refractivity contribution in [3.05, 3.63) is 101 Å². The van der Waals surface area contributed by atoms with Gasteiger partial charge >= 0.3 is 5.97 Å². The third-order valence-electron chi connectivity index (χ3n) is 4.46. The van der Waals surface area contributed by atoms with E-state index in [-0.39, 0.29) is 29.4 Å². The molecule has 3 aromatic rings. The number of nitrogens with two attached hydrogens (primary N) is 2. The summed E-state index contributed by atoms with van der Waals surface area (Å²) < 4.78 is 5.16. The summed E-state index contributed by atoms with van der Waals surface area (Å²) in [6.45, 7) is 1.67. The highest BCUT2D eigenvalue weighted by Crippen LogP contribution is 2.17. The lowest BCUT2D eigenvalue weighted by Crippen LogP contribution is -2.20. The SMILES string of the molecule is Cc1ccc(C(=O)c2ccccc2C(=O)O/N=C(\N)c2ccc(OCC(N)=O)cc2)cc1. The molecular weight excluding hydrogens is 410 g/mol. The fraction of sp³-hybridized carbons (Fsp3) is 0.0833. The second-order valence-corrected chi connectivity index (χ2v) is 6.88. The van der Waals surface area contributed by atoms with Crippen LogP contribution in [0.2, 0.25) is 0 Å². The molecule has 8 nitrogen and oxygen atoms in total. The van der Waals surface area contributed by atoms with Gasteiger partial charge < -0.3 is 21.0 Å². The Bertz CT molecular complexity index is 1170. The van der Waals surface area contributed by atoms with Crippen LogP contribution in [0.4, 0.5) is 0 Å². The van der Waals surface area contributed by atoms with Gasteiger partial charge in [0.2, 0.25) is 0 Å². The van der Waals surface area contributed by atoms with Crippen molar-refractivity contribution in [1.82, 2.24) is 0 Å². The number of oxime groups is 1. The van der Waals surface area contributed by atoms with Crippen LogP contribution >= 0.6 is 0 Å². The summed E-state index contributed by atoms with van der Waals surface area (Å²) >= 11 is 0. The van der Waals surface area contributed by atoms with Crippen LogP contribution in [0.3, 0.4) is 0 Å². The Kier molecular flexibility index (Phi) is 6.97. The maximum absolute atomic E-state index is 12.9. The Morgan fingerprint density at radius 2 is 1.41 bits per heavy atom. The van der Waals surface area contributed by atoms with Crippen molar-refractivity contribution in [1.29, 1.82) is 0 Å².